The van der Waals surface area contributed by atoms with Gasteiger partial charge < -0.3 is 10.2 Å². The minimum Gasteiger partial charge on any atom is -0.340 e. The van der Waals surface area contributed by atoms with Gasteiger partial charge in [-0.1, -0.05) is 39.8 Å². The van der Waals surface area contributed by atoms with E-state index in [1.165, 1.54) is 0 Å². The first kappa shape index (κ1) is 17.3. The van der Waals surface area contributed by atoms with Crippen molar-refractivity contribution < 1.29 is 10.1 Å². The molecule has 1 aromatic rings. The summed E-state index contributed by atoms with van der Waals surface area (Å²) in [6, 6.07) is 7.39. The maximum atomic E-state index is 8.37. The van der Waals surface area contributed by atoms with Crippen LogP contribution in [0.5, 0.6) is 5.75 Å². The van der Waals surface area contributed by atoms with Gasteiger partial charge >= 0.3 is 0 Å². The van der Waals surface area contributed by atoms with Gasteiger partial charge in [-0.2, -0.15) is 0 Å². The zero-order valence-corrected chi connectivity index (χ0v) is 11.1. The highest BCUT2D eigenvalue weighted by Gasteiger charge is 1.95. The highest BCUT2D eigenvalue weighted by Crippen LogP contribution is 2.12. The zero-order valence-electron chi connectivity index (χ0n) is 11.1. The van der Waals surface area contributed by atoms with Crippen LogP contribution in [0.2, 0.25) is 0 Å². The Morgan fingerprint density at radius 2 is 1.81 bits per heavy atom. The minimum absolute atomic E-state index is 0.489. The van der Waals surface area contributed by atoms with Crippen LogP contribution >= 0.6 is 0 Å². The second-order valence-corrected chi connectivity index (χ2v) is 2.59. The highest BCUT2D eigenvalue weighted by atomic mass is 17.1. The summed E-state index contributed by atoms with van der Waals surface area (Å²) in [5.41, 5.74) is 1.15. The maximum Gasteiger partial charge on any atom is 0.165 e. The van der Waals surface area contributed by atoms with Crippen LogP contribution < -0.4 is 10.2 Å². The molecule has 16 heavy (non-hydrogen) atoms. The van der Waals surface area contributed by atoms with E-state index >= 15 is 0 Å². The molecule has 0 unspecified atom stereocenters. The summed E-state index contributed by atoms with van der Waals surface area (Å²) in [7, 11) is 1.91. The molecule has 0 saturated heterocycles. The van der Waals surface area contributed by atoms with Crippen LogP contribution in [0.15, 0.2) is 24.3 Å². The van der Waals surface area contributed by atoms with Gasteiger partial charge in [0.2, 0.25) is 0 Å². The van der Waals surface area contributed by atoms with Gasteiger partial charge in [0.05, 0.1) is 0 Å². The lowest BCUT2D eigenvalue weighted by Crippen LogP contribution is -2.10. The number of likely N-dealkylation sites (N-methyl/N-ethyl adjacent to an activating group) is 1. The van der Waals surface area contributed by atoms with Gasteiger partial charge in [-0.3, -0.25) is 0 Å². The molecule has 0 aromatic heterocycles. The summed E-state index contributed by atoms with van der Waals surface area (Å²) in [6.07, 6.45) is 0.938. The fourth-order valence-corrected chi connectivity index (χ4v) is 1.03. The largest absolute Gasteiger partial charge is 0.340 e. The van der Waals surface area contributed by atoms with Crippen LogP contribution in [-0.4, -0.2) is 18.8 Å². The molecule has 0 aliphatic carbocycles. The topological polar surface area (TPSA) is 41.5 Å². The average Bonchev–Trinajstić information content (AvgIpc) is 2.41. The van der Waals surface area contributed by atoms with Gasteiger partial charge in [-0.15, -0.1) is 0 Å². The molecule has 0 atom stereocenters. The van der Waals surface area contributed by atoms with Gasteiger partial charge in [0.15, 0.2) is 5.75 Å². The first-order valence-electron chi connectivity index (χ1n) is 5.92. The third kappa shape index (κ3) is 8.26. The predicted octanol–water partition coefficient (Wildman–Crippen LogP) is 3.35. The fourth-order valence-electron chi connectivity index (χ4n) is 1.03. The number of hydrogen-bond acceptors (Lipinski definition) is 3. The van der Waals surface area contributed by atoms with Crippen molar-refractivity contribution >= 4 is 0 Å². The molecule has 1 aromatic carbocycles. The van der Waals surface area contributed by atoms with Gasteiger partial charge in [-0.25, -0.2) is 5.26 Å². The highest BCUT2D eigenvalue weighted by molar-refractivity contribution is 5.28. The average molecular weight is 227 g/mol. The first-order chi connectivity index (χ1) is 7.86. The van der Waals surface area contributed by atoms with Crippen molar-refractivity contribution in [1.29, 1.82) is 0 Å². The molecule has 3 nitrogen and oxygen atoms in total. The van der Waals surface area contributed by atoms with Crippen LogP contribution in [0.3, 0.4) is 0 Å². The fraction of sp³-hybridized carbons (Fsp3) is 0.538. The Hall–Kier alpha value is -1.06. The van der Waals surface area contributed by atoms with E-state index in [0.717, 1.165) is 18.5 Å². The second kappa shape index (κ2) is 13.9. The Kier molecular flexibility index (Phi) is 15.1. The third-order valence-corrected chi connectivity index (χ3v) is 1.67. The van der Waals surface area contributed by atoms with E-state index in [0.29, 0.717) is 5.75 Å². The quantitative estimate of drug-likeness (QED) is 0.612. The lowest BCUT2D eigenvalue weighted by Gasteiger charge is -2.01. The predicted molar refractivity (Wildman–Crippen MR) is 70.0 cm³/mol. The van der Waals surface area contributed by atoms with E-state index in [1.54, 1.807) is 6.07 Å². The number of rotatable bonds is 4. The molecular formula is C13H25NO2. The van der Waals surface area contributed by atoms with Crippen molar-refractivity contribution in [2.75, 3.05) is 13.6 Å². The van der Waals surface area contributed by atoms with Crippen LogP contribution in [0.4, 0.5) is 0 Å². The monoisotopic (exact) mass is 227 g/mol. The molecule has 0 heterocycles. The molecular weight excluding hydrogens is 202 g/mol. The van der Waals surface area contributed by atoms with Gasteiger partial charge in [-0.05, 0) is 37.7 Å². The molecule has 2 N–H and O–H groups in total. The van der Waals surface area contributed by atoms with Gasteiger partial charge in [0.1, 0.15) is 0 Å². The second-order valence-electron chi connectivity index (χ2n) is 2.59. The smallest absolute Gasteiger partial charge is 0.165 e. The molecule has 1 rings (SSSR count). The summed E-state index contributed by atoms with van der Waals surface area (Å²) in [5.74, 6) is 0.489. The lowest BCUT2D eigenvalue weighted by molar-refractivity contribution is -0.137. The number of nitrogens with one attached hydrogen (secondary N) is 1. The zero-order chi connectivity index (χ0) is 12.8. The Balaban J connectivity index is 0. The molecule has 0 spiro atoms. The molecule has 0 amide bonds. The molecule has 94 valence electrons. The standard InChI is InChI=1S/C9H13NO2.2C2H6/c1-10-6-5-8-3-2-4-9(7-8)12-11;2*1-2/h2-4,7,10-11H,5-6H2,1H3;2*1-2H3. The first-order valence-corrected chi connectivity index (χ1v) is 5.92. The van der Waals surface area contributed by atoms with Crippen molar-refractivity contribution in [3.05, 3.63) is 29.8 Å². The maximum absolute atomic E-state index is 8.37. The molecule has 0 aliphatic rings. The van der Waals surface area contributed by atoms with Gasteiger partial charge in [0.25, 0.3) is 0 Å². The molecule has 0 saturated carbocycles. The summed E-state index contributed by atoms with van der Waals surface area (Å²) in [4.78, 5) is 4.11. The van der Waals surface area contributed by atoms with Crippen molar-refractivity contribution in [3.8, 4) is 5.75 Å². The van der Waals surface area contributed by atoms with Crippen molar-refractivity contribution in [1.82, 2.24) is 5.32 Å². The van der Waals surface area contributed by atoms with Crippen LogP contribution in [-0.2, 0) is 6.42 Å². The molecule has 0 aliphatic heterocycles. The Bertz CT molecular complexity index is 239. The molecule has 0 radical (unpaired) electrons. The lowest BCUT2D eigenvalue weighted by atomic mass is 10.1. The van der Waals surface area contributed by atoms with Crippen LogP contribution in [0, 0.1) is 0 Å². The third-order valence-electron chi connectivity index (χ3n) is 1.67. The Labute approximate surface area is 99.4 Å². The van der Waals surface area contributed by atoms with E-state index in [4.69, 9.17) is 5.26 Å². The summed E-state index contributed by atoms with van der Waals surface area (Å²) in [6.45, 7) is 8.93. The summed E-state index contributed by atoms with van der Waals surface area (Å²) in [5, 5.41) is 11.4. The van der Waals surface area contributed by atoms with E-state index < -0.39 is 0 Å². The summed E-state index contributed by atoms with van der Waals surface area (Å²) >= 11 is 0. The number of benzene rings is 1. The van der Waals surface area contributed by atoms with Crippen molar-refractivity contribution in [3.63, 3.8) is 0 Å². The van der Waals surface area contributed by atoms with Crippen LogP contribution in [0.1, 0.15) is 33.3 Å². The molecule has 0 fully saturated rings. The SMILES string of the molecule is CC.CC.CNCCc1cccc(OO)c1. The van der Waals surface area contributed by atoms with E-state index in [-0.39, 0.29) is 0 Å². The minimum atomic E-state index is 0.489. The number of hydrogen-bond donors (Lipinski definition) is 2. The van der Waals surface area contributed by atoms with Crippen molar-refractivity contribution in [2.45, 2.75) is 34.1 Å². The van der Waals surface area contributed by atoms with E-state index in [2.05, 4.69) is 10.2 Å². The van der Waals surface area contributed by atoms with Crippen LogP contribution in [0.25, 0.3) is 0 Å². The van der Waals surface area contributed by atoms with Crippen molar-refractivity contribution in [2.24, 2.45) is 0 Å². The Morgan fingerprint density at radius 1 is 1.19 bits per heavy atom. The Morgan fingerprint density at radius 3 is 2.31 bits per heavy atom. The van der Waals surface area contributed by atoms with E-state index in [9.17, 15) is 0 Å². The van der Waals surface area contributed by atoms with E-state index in [1.807, 2.05) is 52.9 Å². The van der Waals surface area contributed by atoms with Gasteiger partial charge in [0, 0.05) is 0 Å². The molecule has 3 heteroatoms. The normalized spacial score (nSPS) is 8.12. The summed E-state index contributed by atoms with van der Waals surface area (Å²) < 4.78 is 0. The molecule has 0 bridgehead atoms.